The summed E-state index contributed by atoms with van der Waals surface area (Å²) in [6.07, 6.45) is -0.0934. The van der Waals surface area contributed by atoms with Gasteiger partial charge >= 0.3 is 0 Å². The molecular formula is C19H22FN3O3S. The molecule has 0 aliphatic carbocycles. The molecule has 1 aliphatic heterocycles. The van der Waals surface area contributed by atoms with Crippen molar-refractivity contribution in [2.45, 2.75) is 26.4 Å². The summed E-state index contributed by atoms with van der Waals surface area (Å²) >= 11 is 1.31. The molecule has 1 fully saturated rings. The van der Waals surface area contributed by atoms with E-state index >= 15 is 0 Å². The Labute approximate surface area is 161 Å². The maximum atomic E-state index is 13.1. The number of morpholine rings is 1. The molecule has 8 heteroatoms. The molecule has 2 aromatic rings. The summed E-state index contributed by atoms with van der Waals surface area (Å²) in [5, 5.41) is 5.03. The molecule has 6 nitrogen and oxygen atoms in total. The van der Waals surface area contributed by atoms with Crippen LogP contribution >= 0.6 is 11.3 Å². The van der Waals surface area contributed by atoms with Crippen molar-refractivity contribution in [2.75, 3.05) is 25.0 Å². The molecular weight excluding hydrogens is 369 g/mol. The lowest BCUT2D eigenvalue weighted by Gasteiger charge is -2.33. The van der Waals surface area contributed by atoms with Crippen LogP contribution in [0.25, 0.3) is 0 Å². The number of carbonyl (C=O) groups excluding carboxylic acids is 2. The molecule has 0 saturated carbocycles. The predicted molar refractivity (Wildman–Crippen MR) is 101 cm³/mol. The molecule has 1 atom stereocenters. The van der Waals surface area contributed by atoms with Gasteiger partial charge in [-0.15, -0.1) is 11.3 Å². The van der Waals surface area contributed by atoms with Gasteiger partial charge in [-0.2, -0.15) is 0 Å². The Bertz CT molecular complexity index is 807. The van der Waals surface area contributed by atoms with Crippen LogP contribution in [-0.2, 0) is 20.7 Å². The van der Waals surface area contributed by atoms with Crippen LogP contribution in [0, 0.1) is 11.7 Å². The molecule has 0 radical (unpaired) electrons. The highest BCUT2D eigenvalue weighted by molar-refractivity contribution is 7.13. The second-order valence-electron chi connectivity index (χ2n) is 6.72. The summed E-state index contributed by atoms with van der Waals surface area (Å²) in [7, 11) is 0. The summed E-state index contributed by atoms with van der Waals surface area (Å²) in [6.45, 7) is 4.98. The zero-order valence-electron chi connectivity index (χ0n) is 15.3. The largest absolute Gasteiger partial charge is 0.370 e. The topological polar surface area (TPSA) is 71.5 Å². The van der Waals surface area contributed by atoms with Gasteiger partial charge in [0, 0.05) is 17.8 Å². The average molecular weight is 391 g/mol. The fraction of sp³-hybridized carbons (Fsp3) is 0.421. The zero-order chi connectivity index (χ0) is 19.4. The molecule has 1 aliphatic rings. The number of ether oxygens (including phenoxy) is 1. The normalized spacial score (nSPS) is 17.2. The third kappa shape index (κ3) is 5.11. The highest BCUT2D eigenvalue weighted by Crippen LogP contribution is 2.23. The number of benzene rings is 1. The number of anilines is 1. The highest BCUT2D eigenvalue weighted by atomic mass is 32.1. The quantitative estimate of drug-likeness (QED) is 0.851. The van der Waals surface area contributed by atoms with E-state index in [0.29, 0.717) is 30.5 Å². The van der Waals surface area contributed by atoms with Crippen molar-refractivity contribution in [1.82, 2.24) is 9.88 Å². The van der Waals surface area contributed by atoms with Crippen molar-refractivity contribution in [3.05, 3.63) is 46.7 Å². The van der Waals surface area contributed by atoms with E-state index in [2.05, 4.69) is 10.3 Å². The van der Waals surface area contributed by atoms with E-state index in [9.17, 15) is 14.0 Å². The van der Waals surface area contributed by atoms with Gasteiger partial charge < -0.3 is 15.0 Å². The molecule has 2 amide bonds. The number of amides is 2. The van der Waals surface area contributed by atoms with Gasteiger partial charge in [-0.3, -0.25) is 9.59 Å². The average Bonchev–Trinajstić information content (AvgIpc) is 3.09. The smallest absolute Gasteiger partial charge is 0.228 e. The maximum Gasteiger partial charge on any atom is 0.228 e. The van der Waals surface area contributed by atoms with Crippen molar-refractivity contribution >= 4 is 28.3 Å². The van der Waals surface area contributed by atoms with Gasteiger partial charge in [0.2, 0.25) is 11.8 Å². The number of nitrogens with zero attached hydrogens (tertiary/aromatic N) is 2. The molecule has 1 N–H and O–H groups in total. The first-order chi connectivity index (χ1) is 12.9. The van der Waals surface area contributed by atoms with E-state index in [1.54, 1.807) is 22.4 Å². The maximum absolute atomic E-state index is 13.1. The van der Waals surface area contributed by atoms with Crippen molar-refractivity contribution < 1.29 is 18.7 Å². The van der Waals surface area contributed by atoms with Crippen molar-refractivity contribution in [3.63, 3.8) is 0 Å². The number of hydrogen-bond acceptors (Lipinski definition) is 5. The second kappa shape index (κ2) is 8.58. The van der Waals surface area contributed by atoms with E-state index in [-0.39, 0.29) is 36.1 Å². The van der Waals surface area contributed by atoms with Crippen molar-refractivity contribution in [3.8, 4) is 0 Å². The van der Waals surface area contributed by atoms with Crippen molar-refractivity contribution in [1.29, 1.82) is 0 Å². The third-order valence-corrected chi connectivity index (χ3v) is 5.11. The summed E-state index contributed by atoms with van der Waals surface area (Å²) in [5.74, 6) is -0.572. The van der Waals surface area contributed by atoms with Crippen LogP contribution in [0.2, 0.25) is 0 Å². The third-order valence-electron chi connectivity index (χ3n) is 4.30. The second-order valence-corrected chi connectivity index (χ2v) is 7.57. The minimum absolute atomic E-state index is 0.0440. The molecule has 27 heavy (non-hydrogen) atoms. The van der Waals surface area contributed by atoms with E-state index in [1.807, 2.05) is 13.8 Å². The van der Waals surface area contributed by atoms with Gasteiger partial charge in [-0.1, -0.05) is 26.0 Å². The van der Waals surface area contributed by atoms with Gasteiger partial charge in [0.1, 0.15) is 11.9 Å². The molecule has 1 saturated heterocycles. The SMILES string of the molecule is CC(C)C(=O)Nc1nc(CC(=O)N2CCO[C@H](c3ccc(F)cc3)C2)cs1. The minimum atomic E-state index is -0.300. The van der Waals surface area contributed by atoms with Crippen LogP contribution in [0.15, 0.2) is 29.6 Å². The number of carbonyl (C=O) groups is 2. The number of halogens is 1. The summed E-state index contributed by atoms with van der Waals surface area (Å²) in [5.41, 5.74) is 1.48. The molecule has 0 unspecified atom stereocenters. The van der Waals surface area contributed by atoms with E-state index in [4.69, 9.17) is 4.74 Å². The molecule has 0 bridgehead atoms. The Morgan fingerprint density at radius 3 is 2.81 bits per heavy atom. The lowest BCUT2D eigenvalue weighted by molar-refractivity contribution is -0.138. The monoisotopic (exact) mass is 391 g/mol. The zero-order valence-corrected chi connectivity index (χ0v) is 16.1. The van der Waals surface area contributed by atoms with Crippen LogP contribution in [0.1, 0.15) is 31.2 Å². The van der Waals surface area contributed by atoms with Crippen LogP contribution in [0.5, 0.6) is 0 Å². The molecule has 3 rings (SSSR count). The fourth-order valence-corrected chi connectivity index (χ4v) is 3.43. The molecule has 0 spiro atoms. The lowest BCUT2D eigenvalue weighted by Crippen LogP contribution is -2.43. The number of thiazole rings is 1. The highest BCUT2D eigenvalue weighted by Gasteiger charge is 2.26. The first-order valence-corrected chi connectivity index (χ1v) is 9.70. The Kier molecular flexibility index (Phi) is 6.18. The van der Waals surface area contributed by atoms with Crippen molar-refractivity contribution in [2.24, 2.45) is 5.92 Å². The van der Waals surface area contributed by atoms with Gasteiger partial charge in [0.15, 0.2) is 5.13 Å². The Balaban J connectivity index is 1.58. The molecule has 1 aromatic heterocycles. The molecule has 144 valence electrons. The minimum Gasteiger partial charge on any atom is -0.370 e. The van der Waals surface area contributed by atoms with E-state index in [1.165, 1.54) is 23.5 Å². The lowest BCUT2D eigenvalue weighted by atomic mass is 10.1. The predicted octanol–water partition coefficient (Wildman–Crippen LogP) is 3.02. The van der Waals surface area contributed by atoms with Crippen LogP contribution in [-0.4, -0.2) is 41.4 Å². The van der Waals surface area contributed by atoms with Crippen LogP contribution in [0.3, 0.4) is 0 Å². The summed E-state index contributed by atoms with van der Waals surface area (Å²) in [4.78, 5) is 30.4. The first kappa shape index (κ1) is 19.4. The van der Waals surface area contributed by atoms with E-state index < -0.39 is 0 Å². The number of hydrogen-bond donors (Lipinski definition) is 1. The van der Waals surface area contributed by atoms with Gasteiger partial charge in [0.25, 0.3) is 0 Å². The summed E-state index contributed by atoms with van der Waals surface area (Å²) < 4.78 is 18.8. The Hall–Kier alpha value is -2.32. The summed E-state index contributed by atoms with van der Waals surface area (Å²) in [6, 6.07) is 6.14. The van der Waals surface area contributed by atoms with E-state index in [0.717, 1.165) is 5.56 Å². The Morgan fingerprint density at radius 2 is 2.11 bits per heavy atom. The molecule has 1 aromatic carbocycles. The van der Waals surface area contributed by atoms with Crippen LogP contribution < -0.4 is 5.32 Å². The standard InChI is InChI=1S/C19H22FN3O3S/c1-12(2)18(25)22-19-21-15(11-27-19)9-17(24)23-7-8-26-16(10-23)13-3-5-14(20)6-4-13/h3-6,11-12,16H,7-10H2,1-2H3,(H,21,22,25)/t16-/m0/s1. The molecule has 2 heterocycles. The van der Waals surface area contributed by atoms with Gasteiger partial charge in [-0.25, -0.2) is 9.37 Å². The first-order valence-electron chi connectivity index (χ1n) is 8.82. The Morgan fingerprint density at radius 1 is 1.37 bits per heavy atom. The number of nitrogens with one attached hydrogen (secondary N) is 1. The number of rotatable bonds is 5. The number of aromatic nitrogens is 1. The fourth-order valence-electron chi connectivity index (χ4n) is 2.72. The van der Waals surface area contributed by atoms with Gasteiger partial charge in [0.05, 0.1) is 25.3 Å². The van der Waals surface area contributed by atoms with Gasteiger partial charge in [-0.05, 0) is 17.7 Å². The van der Waals surface area contributed by atoms with Crippen LogP contribution in [0.4, 0.5) is 9.52 Å².